The van der Waals surface area contributed by atoms with Crippen molar-refractivity contribution in [1.82, 2.24) is 0 Å². The molecule has 18 heavy (non-hydrogen) atoms. The summed E-state index contributed by atoms with van der Waals surface area (Å²) in [5, 5.41) is 0. The third-order valence-corrected chi connectivity index (χ3v) is 3.19. The maximum Gasteiger partial charge on any atom is 0.340 e. The van der Waals surface area contributed by atoms with E-state index in [4.69, 9.17) is 10.5 Å². The number of carbonyl (C=O) groups excluding carboxylic acids is 1. The van der Waals surface area contributed by atoms with Gasteiger partial charge in [0.15, 0.2) is 0 Å². The van der Waals surface area contributed by atoms with Crippen LogP contribution in [-0.2, 0) is 4.74 Å². The van der Waals surface area contributed by atoms with Crippen LogP contribution in [0.5, 0.6) is 0 Å². The third kappa shape index (κ3) is 3.84. The van der Waals surface area contributed by atoms with Gasteiger partial charge in [0.2, 0.25) is 0 Å². The molecule has 2 N–H and O–H groups in total. The summed E-state index contributed by atoms with van der Waals surface area (Å²) in [4.78, 5) is 13.8. The van der Waals surface area contributed by atoms with Gasteiger partial charge in [-0.2, -0.15) is 11.8 Å². The predicted molar refractivity (Wildman–Crippen MR) is 78.5 cm³/mol. The summed E-state index contributed by atoms with van der Waals surface area (Å²) in [5.41, 5.74) is 7.66. The van der Waals surface area contributed by atoms with Crippen LogP contribution >= 0.6 is 11.8 Å². The van der Waals surface area contributed by atoms with Gasteiger partial charge in [0.1, 0.15) is 0 Å². The second kappa shape index (κ2) is 7.16. The van der Waals surface area contributed by atoms with E-state index >= 15 is 0 Å². The third-order valence-electron chi connectivity index (χ3n) is 2.60. The second-order valence-electron chi connectivity index (χ2n) is 3.91. The first-order valence-corrected chi connectivity index (χ1v) is 7.26. The molecular weight excluding hydrogens is 248 g/mol. The van der Waals surface area contributed by atoms with Gasteiger partial charge in [0, 0.05) is 30.7 Å². The Bertz CT molecular complexity index is 410. The fourth-order valence-corrected chi connectivity index (χ4v) is 1.98. The molecule has 0 aliphatic rings. The topological polar surface area (TPSA) is 55.6 Å². The van der Waals surface area contributed by atoms with Gasteiger partial charge < -0.3 is 15.4 Å². The minimum Gasteiger partial charge on any atom is -0.462 e. The molecule has 4 nitrogen and oxygen atoms in total. The number of hydrogen-bond donors (Lipinski definition) is 1. The lowest BCUT2D eigenvalue weighted by Gasteiger charge is -2.19. The SMILES string of the molecule is CCOC(=O)c1cc(N(C)CCSC)ccc1N. The number of thioether (sulfide) groups is 1. The highest BCUT2D eigenvalue weighted by Gasteiger charge is 2.12. The predicted octanol–water partition coefficient (Wildman–Crippen LogP) is 2.24. The van der Waals surface area contributed by atoms with Crippen molar-refractivity contribution in [3.05, 3.63) is 23.8 Å². The van der Waals surface area contributed by atoms with Crippen molar-refractivity contribution < 1.29 is 9.53 Å². The molecule has 1 aromatic carbocycles. The Balaban J connectivity index is 2.89. The van der Waals surface area contributed by atoms with E-state index in [9.17, 15) is 4.79 Å². The fourth-order valence-electron chi connectivity index (χ4n) is 1.52. The Hall–Kier alpha value is -1.36. The average Bonchev–Trinajstić information content (AvgIpc) is 2.36. The lowest BCUT2D eigenvalue weighted by atomic mass is 10.1. The molecule has 0 bridgehead atoms. The highest BCUT2D eigenvalue weighted by Crippen LogP contribution is 2.21. The maximum absolute atomic E-state index is 11.7. The first kappa shape index (κ1) is 14.7. The minimum absolute atomic E-state index is 0.352. The van der Waals surface area contributed by atoms with Gasteiger partial charge >= 0.3 is 5.97 Å². The van der Waals surface area contributed by atoms with Crippen molar-refractivity contribution in [3.8, 4) is 0 Å². The number of hydrogen-bond acceptors (Lipinski definition) is 5. The molecule has 0 spiro atoms. The first-order valence-electron chi connectivity index (χ1n) is 5.86. The van der Waals surface area contributed by atoms with Gasteiger partial charge in [-0.05, 0) is 31.4 Å². The summed E-state index contributed by atoms with van der Waals surface area (Å²) >= 11 is 1.79. The van der Waals surface area contributed by atoms with Gasteiger partial charge in [0.05, 0.1) is 12.2 Å². The molecule has 0 fully saturated rings. The van der Waals surface area contributed by atoms with Gasteiger partial charge in [-0.15, -0.1) is 0 Å². The number of anilines is 2. The number of nitrogens with zero attached hydrogens (tertiary/aromatic N) is 1. The van der Waals surface area contributed by atoms with Crippen LogP contribution in [0.25, 0.3) is 0 Å². The van der Waals surface area contributed by atoms with Gasteiger partial charge in [-0.1, -0.05) is 0 Å². The van der Waals surface area contributed by atoms with E-state index in [2.05, 4.69) is 11.2 Å². The molecule has 0 amide bonds. The van der Waals surface area contributed by atoms with Crippen LogP contribution in [0.3, 0.4) is 0 Å². The van der Waals surface area contributed by atoms with Crippen LogP contribution < -0.4 is 10.6 Å². The normalized spacial score (nSPS) is 10.2. The van der Waals surface area contributed by atoms with Crippen molar-refractivity contribution in [1.29, 1.82) is 0 Å². The zero-order chi connectivity index (χ0) is 13.5. The summed E-state index contributed by atoms with van der Waals surface area (Å²) in [7, 11) is 2.00. The highest BCUT2D eigenvalue weighted by molar-refractivity contribution is 7.98. The molecule has 0 aliphatic heterocycles. The van der Waals surface area contributed by atoms with Gasteiger partial charge in [0.25, 0.3) is 0 Å². The number of ether oxygens (including phenoxy) is 1. The Labute approximate surface area is 112 Å². The number of esters is 1. The lowest BCUT2D eigenvalue weighted by Crippen LogP contribution is -2.21. The van der Waals surface area contributed by atoms with Crippen molar-refractivity contribution in [2.75, 3.05) is 42.8 Å². The van der Waals surface area contributed by atoms with E-state index in [-0.39, 0.29) is 5.97 Å². The van der Waals surface area contributed by atoms with E-state index in [1.807, 2.05) is 13.1 Å². The van der Waals surface area contributed by atoms with Crippen molar-refractivity contribution in [2.45, 2.75) is 6.92 Å². The number of nitrogens with two attached hydrogens (primary N) is 1. The zero-order valence-electron chi connectivity index (χ0n) is 11.1. The quantitative estimate of drug-likeness (QED) is 0.633. The Morgan fingerprint density at radius 3 is 2.83 bits per heavy atom. The second-order valence-corrected chi connectivity index (χ2v) is 4.89. The monoisotopic (exact) mass is 268 g/mol. The molecule has 100 valence electrons. The largest absolute Gasteiger partial charge is 0.462 e. The molecule has 0 heterocycles. The highest BCUT2D eigenvalue weighted by atomic mass is 32.2. The van der Waals surface area contributed by atoms with E-state index in [1.165, 1.54) is 0 Å². The van der Waals surface area contributed by atoms with E-state index < -0.39 is 0 Å². The molecular formula is C13H20N2O2S. The first-order chi connectivity index (χ1) is 8.60. The molecule has 0 aromatic heterocycles. The van der Waals surface area contributed by atoms with Crippen LogP contribution in [0, 0.1) is 0 Å². The van der Waals surface area contributed by atoms with Gasteiger partial charge in [-0.25, -0.2) is 4.79 Å². The smallest absolute Gasteiger partial charge is 0.340 e. The molecule has 0 atom stereocenters. The summed E-state index contributed by atoms with van der Waals surface area (Å²) in [6, 6.07) is 5.45. The summed E-state index contributed by atoms with van der Waals surface area (Å²) < 4.78 is 4.98. The van der Waals surface area contributed by atoms with Crippen molar-refractivity contribution in [3.63, 3.8) is 0 Å². The van der Waals surface area contributed by atoms with E-state index in [1.54, 1.807) is 30.8 Å². The fraction of sp³-hybridized carbons (Fsp3) is 0.462. The minimum atomic E-state index is -0.366. The van der Waals surface area contributed by atoms with E-state index in [0.717, 1.165) is 18.0 Å². The summed E-state index contributed by atoms with van der Waals surface area (Å²) in [6.07, 6.45) is 2.07. The summed E-state index contributed by atoms with van der Waals surface area (Å²) in [6.45, 7) is 3.06. The molecule has 0 unspecified atom stereocenters. The Morgan fingerprint density at radius 1 is 1.50 bits per heavy atom. The number of carbonyl (C=O) groups is 1. The van der Waals surface area contributed by atoms with Gasteiger partial charge in [-0.3, -0.25) is 0 Å². The van der Waals surface area contributed by atoms with Crippen LogP contribution in [0.15, 0.2) is 18.2 Å². The van der Waals surface area contributed by atoms with Crippen LogP contribution in [0.1, 0.15) is 17.3 Å². The Kier molecular flexibility index (Phi) is 5.85. The number of rotatable bonds is 6. The molecule has 0 saturated carbocycles. The molecule has 1 aromatic rings. The van der Waals surface area contributed by atoms with Crippen LogP contribution in [0.4, 0.5) is 11.4 Å². The standard InChI is InChI=1S/C13H20N2O2S/c1-4-17-13(16)11-9-10(5-6-12(11)14)15(2)7-8-18-3/h5-6,9H,4,7-8,14H2,1-3H3. The molecule has 0 radical (unpaired) electrons. The zero-order valence-corrected chi connectivity index (χ0v) is 11.9. The average molecular weight is 268 g/mol. The van der Waals surface area contributed by atoms with E-state index in [0.29, 0.717) is 17.9 Å². The molecule has 1 rings (SSSR count). The number of nitrogen functional groups attached to an aromatic ring is 1. The molecule has 0 aliphatic carbocycles. The number of benzene rings is 1. The van der Waals surface area contributed by atoms with Crippen molar-refractivity contribution >= 4 is 29.1 Å². The maximum atomic E-state index is 11.7. The Morgan fingerprint density at radius 2 is 2.22 bits per heavy atom. The molecule has 0 saturated heterocycles. The van der Waals surface area contributed by atoms with Crippen LogP contribution in [-0.4, -0.2) is 38.2 Å². The summed E-state index contributed by atoms with van der Waals surface area (Å²) in [5.74, 6) is 0.672. The van der Waals surface area contributed by atoms with Crippen LogP contribution in [0.2, 0.25) is 0 Å². The molecule has 5 heteroatoms. The lowest BCUT2D eigenvalue weighted by molar-refractivity contribution is 0.0527. The van der Waals surface area contributed by atoms with Crippen molar-refractivity contribution in [2.24, 2.45) is 0 Å².